The van der Waals surface area contributed by atoms with Crippen molar-refractivity contribution in [3.63, 3.8) is 0 Å². The summed E-state index contributed by atoms with van der Waals surface area (Å²) in [6.07, 6.45) is 1.67. The Balaban J connectivity index is 1.17. The number of anilines is 2. The Morgan fingerprint density at radius 1 is 0.780 bits per heavy atom. The third-order valence-electron chi connectivity index (χ3n) is 7.60. The van der Waals surface area contributed by atoms with Crippen LogP contribution in [0.25, 0.3) is 17.3 Å². The number of rotatable bonds is 11. The van der Waals surface area contributed by atoms with E-state index in [2.05, 4.69) is 20.9 Å². The summed E-state index contributed by atoms with van der Waals surface area (Å²) in [5.74, 6) is -1.08. The molecule has 1 atom stereocenters. The maximum atomic E-state index is 13.7. The first-order valence-corrected chi connectivity index (χ1v) is 17.8. The predicted octanol–water partition coefficient (Wildman–Crippen LogP) is 9.65. The molecule has 0 spiro atoms. The highest BCUT2D eigenvalue weighted by Crippen LogP contribution is 2.37. The van der Waals surface area contributed by atoms with E-state index in [0.29, 0.717) is 21.4 Å². The zero-order valence-corrected chi connectivity index (χ0v) is 29.2. The number of benzene rings is 5. The number of nitrogens with zero attached hydrogens (tertiary/aromatic N) is 1. The van der Waals surface area contributed by atoms with Crippen molar-refractivity contribution in [2.24, 2.45) is 0 Å². The highest BCUT2D eigenvalue weighted by molar-refractivity contribution is 8.00. The lowest BCUT2D eigenvalue weighted by Gasteiger charge is -2.17. The number of amides is 3. The highest BCUT2D eigenvalue weighted by Gasteiger charge is 2.24. The molecule has 10 heteroatoms. The Morgan fingerprint density at radius 3 is 2.14 bits per heavy atom. The predicted molar refractivity (Wildman–Crippen MR) is 204 cm³/mol. The smallest absolute Gasteiger partial charge is 0.272 e. The Bertz CT molecular complexity index is 2140. The van der Waals surface area contributed by atoms with Crippen molar-refractivity contribution in [1.29, 1.82) is 0 Å². The van der Waals surface area contributed by atoms with E-state index < -0.39 is 17.1 Å². The zero-order valence-electron chi connectivity index (χ0n) is 26.8. The average Bonchev–Trinajstić information content (AvgIpc) is 3.61. The number of halogens is 1. The van der Waals surface area contributed by atoms with Crippen LogP contribution in [0.15, 0.2) is 149 Å². The molecule has 0 saturated heterocycles. The van der Waals surface area contributed by atoms with E-state index in [4.69, 9.17) is 11.6 Å². The molecular formula is C40H31ClN4O3S2. The summed E-state index contributed by atoms with van der Waals surface area (Å²) in [6, 6.07) is 40.5. The van der Waals surface area contributed by atoms with Crippen LogP contribution < -0.4 is 16.0 Å². The summed E-state index contributed by atoms with van der Waals surface area (Å²) in [6.45, 7) is 1.94. The van der Waals surface area contributed by atoms with Crippen molar-refractivity contribution >= 4 is 69.3 Å². The zero-order chi connectivity index (χ0) is 34.9. The van der Waals surface area contributed by atoms with Gasteiger partial charge < -0.3 is 16.0 Å². The average molecular weight is 715 g/mol. The molecule has 1 heterocycles. The normalized spacial score (nSPS) is 11.8. The van der Waals surface area contributed by atoms with Gasteiger partial charge in [0, 0.05) is 32.1 Å². The maximum absolute atomic E-state index is 13.7. The van der Waals surface area contributed by atoms with Crippen LogP contribution in [0.2, 0.25) is 5.02 Å². The Labute approximate surface area is 303 Å². The fraction of sp³-hybridized carbons (Fsp3) is 0.0500. The van der Waals surface area contributed by atoms with Gasteiger partial charge in [0.15, 0.2) is 5.13 Å². The van der Waals surface area contributed by atoms with Gasteiger partial charge in [-0.15, -0.1) is 23.1 Å². The Morgan fingerprint density at radius 2 is 1.44 bits per heavy atom. The lowest BCUT2D eigenvalue weighted by Crippen LogP contribution is -2.30. The van der Waals surface area contributed by atoms with Crippen molar-refractivity contribution in [3.8, 4) is 11.3 Å². The molecule has 7 nitrogen and oxygen atoms in total. The summed E-state index contributed by atoms with van der Waals surface area (Å²) in [7, 11) is 0. The quantitative estimate of drug-likeness (QED) is 0.0917. The molecule has 50 heavy (non-hydrogen) atoms. The topological polar surface area (TPSA) is 100 Å². The third kappa shape index (κ3) is 8.95. The Hall–Kier alpha value is -5.48. The van der Waals surface area contributed by atoms with Gasteiger partial charge in [-0.1, -0.05) is 96.5 Å². The maximum Gasteiger partial charge on any atom is 0.272 e. The second kappa shape index (κ2) is 16.3. The summed E-state index contributed by atoms with van der Waals surface area (Å²) in [5.41, 5.74) is 5.33. The molecule has 0 aliphatic heterocycles. The number of thioether (sulfide) groups is 1. The van der Waals surface area contributed by atoms with E-state index in [1.54, 1.807) is 54.6 Å². The summed E-state index contributed by atoms with van der Waals surface area (Å²) in [4.78, 5) is 45.7. The van der Waals surface area contributed by atoms with E-state index in [9.17, 15) is 14.4 Å². The van der Waals surface area contributed by atoms with Gasteiger partial charge in [-0.25, -0.2) is 4.98 Å². The molecule has 3 N–H and O–H groups in total. The first kappa shape index (κ1) is 34.4. The highest BCUT2D eigenvalue weighted by atomic mass is 35.5. The van der Waals surface area contributed by atoms with Crippen molar-refractivity contribution < 1.29 is 14.4 Å². The van der Waals surface area contributed by atoms with Crippen molar-refractivity contribution in [3.05, 3.63) is 172 Å². The number of carbonyl (C=O) groups is 3. The molecule has 0 saturated carbocycles. The summed E-state index contributed by atoms with van der Waals surface area (Å²) in [5, 5.41) is 11.1. The lowest BCUT2D eigenvalue weighted by molar-refractivity contribution is -0.116. The van der Waals surface area contributed by atoms with Crippen LogP contribution in [0.3, 0.4) is 0 Å². The number of thiazole rings is 1. The molecule has 0 radical (unpaired) electrons. The molecular weight excluding hydrogens is 684 g/mol. The van der Waals surface area contributed by atoms with E-state index in [0.717, 1.165) is 32.8 Å². The van der Waals surface area contributed by atoms with Crippen LogP contribution in [0, 0.1) is 6.92 Å². The molecule has 0 aliphatic rings. The number of carbonyl (C=O) groups excluding carboxylic acids is 3. The minimum absolute atomic E-state index is 0.105. The van der Waals surface area contributed by atoms with Crippen LogP contribution in [-0.4, -0.2) is 22.7 Å². The molecule has 6 aromatic rings. The SMILES string of the molecule is Cc1ccccc1/C=C(\NC(=O)c1ccccc1)C(=O)Nc1ccc(SC(C(=O)Nc2nc(-c3ccc(Cl)cc3)cs2)c2ccccc2)cc1. The molecule has 3 amide bonds. The standard InChI is InChI=1S/C40H31ClN4O3S2/c1-26-10-8-9-15-30(26)24-34(43-37(46)29-13-6-3-7-14-29)38(47)42-32-20-22-33(23-21-32)50-36(28-11-4-2-5-12-28)39(48)45-40-44-35(25-49-40)27-16-18-31(41)19-17-27/h2-25,36H,1H3,(H,42,47)(H,43,46)(H,44,45,48)/b34-24-. The van der Waals surface area contributed by atoms with Crippen molar-refractivity contribution in [1.82, 2.24) is 10.3 Å². The first-order chi connectivity index (χ1) is 24.3. The Kier molecular flexibility index (Phi) is 11.2. The molecule has 1 unspecified atom stereocenters. The molecule has 248 valence electrons. The molecule has 6 rings (SSSR count). The van der Waals surface area contributed by atoms with E-state index in [-0.39, 0.29) is 11.6 Å². The van der Waals surface area contributed by atoms with Gasteiger partial charge in [0.25, 0.3) is 11.8 Å². The van der Waals surface area contributed by atoms with Gasteiger partial charge in [-0.05, 0) is 78.2 Å². The molecule has 0 fully saturated rings. The van der Waals surface area contributed by atoms with Gasteiger partial charge in [0.05, 0.1) is 5.69 Å². The van der Waals surface area contributed by atoms with E-state index in [1.165, 1.54) is 23.1 Å². The van der Waals surface area contributed by atoms with Gasteiger partial charge in [0.2, 0.25) is 5.91 Å². The van der Waals surface area contributed by atoms with E-state index >= 15 is 0 Å². The lowest BCUT2D eigenvalue weighted by atomic mass is 10.1. The van der Waals surface area contributed by atoms with Gasteiger partial charge in [-0.2, -0.15) is 0 Å². The first-order valence-electron chi connectivity index (χ1n) is 15.6. The second-order valence-corrected chi connectivity index (χ2v) is 13.6. The molecule has 5 aromatic carbocycles. The minimum Gasteiger partial charge on any atom is -0.321 e. The van der Waals surface area contributed by atoms with Crippen LogP contribution in [0.4, 0.5) is 10.8 Å². The number of nitrogens with one attached hydrogen (secondary N) is 3. The van der Waals surface area contributed by atoms with Crippen LogP contribution in [0.5, 0.6) is 0 Å². The molecule has 1 aromatic heterocycles. The monoisotopic (exact) mass is 714 g/mol. The van der Waals surface area contributed by atoms with Crippen LogP contribution in [-0.2, 0) is 9.59 Å². The van der Waals surface area contributed by atoms with Crippen LogP contribution in [0.1, 0.15) is 32.3 Å². The summed E-state index contributed by atoms with van der Waals surface area (Å²) >= 11 is 8.77. The van der Waals surface area contributed by atoms with Crippen molar-refractivity contribution in [2.75, 3.05) is 10.6 Å². The van der Waals surface area contributed by atoms with Crippen molar-refractivity contribution in [2.45, 2.75) is 17.1 Å². The minimum atomic E-state index is -0.573. The number of hydrogen-bond donors (Lipinski definition) is 3. The largest absolute Gasteiger partial charge is 0.321 e. The van der Waals surface area contributed by atoms with E-state index in [1.807, 2.05) is 97.2 Å². The number of hydrogen-bond acceptors (Lipinski definition) is 6. The number of aromatic nitrogens is 1. The fourth-order valence-electron chi connectivity index (χ4n) is 4.95. The van der Waals surface area contributed by atoms with Gasteiger partial charge in [-0.3, -0.25) is 14.4 Å². The fourth-order valence-corrected chi connectivity index (χ4v) is 6.83. The summed E-state index contributed by atoms with van der Waals surface area (Å²) < 4.78 is 0. The molecule has 0 bridgehead atoms. The van der Waals surface area contributed by atoms with Gasteiger partial charge in [0.1, 0.15) is 10.9 Å². The third-order valence-corrected chi connectivity index (χ3v) is 9.87. The molecule has 0 aliphatic carbocycles. The second-order valence-electron chi connectivity index (χ2n) is 11.2. The van der Waals surface area contributed by atoms with Gasteiger partial charge >= 0.3 is 0 Å². The number of aryl methyl sites for hydroxylation is 1. The van der Waals surface area contributed by atoms with Crippen LogP contribution >= 0.6 is 34.7 Å².